The average molecular weight is 318 g/mol. The number of carboxylic acids is 1. The first-order valence-electron chi connectivity index (χ1n) is 7.39. The molecule has 0 aliphatic rings. The number of ether oxygens (including phenoxy) is 1. The molecule has 122 valence electrons. The summed E-state index contributed by atoms with van der Waals surface area (Å²) < 4.78 is 18.3. The molecule has 0 spiro atoms. The molecule has 5 heteroatoms. The Morgan fingerprint density at radius 1 is 1.09 bits per heavy atom. The first-order valence-corrected chi connectivity index (χ1v) is 7.39. The van der Waals surface area contributed by atoms with E-state index in [2.05, 4.69) is 0 Å². The number of halogens is 1. The van der Waals surface area contributed by atoms with Crippen LogP contribution < -0.4 is 4.74 Å². The molecule has 2 rings (SSSR count). The van der Waals surface area contributed by atoms with Crippen molar-refractivity contribution in [1.82, 2.24) is 0 Å². The highest BCUT2D eigenvalue weighted by Gasteiger charge is 2.21. The maximum atomic E-state index is 12.9. The van der Waals surface area contributed by atoms with Gasteiger partial charge in [0.25, 0.3) is 0 Å². The zero-order valence-electron chi connectivity index (χ0n) is 12.8. The fraction of sp³-hybridized carbons (Fsp3) is 0.278. The Balaban J connectivity index is 1.95. The molecular weight excluding hydrogens is 299 g/mol. The van der Waals surface area contributed by atoms with Crippen molar-refractivity contribution >= 4 is 5.97 Å². The Morgan fingerprint density at radius 2 is 1.70 bits per heavy atom. The van der Waals surface area contributed by atoms with E-state index in [1.165, 1.54) is 24.3 Å². The standard InChI is InChI=1S/C18H19FO4/c1-12(13-3-7-15(20)8-4-13)2-11-17(18(21)22)23-16-9-5-14(19)6-10-16/h3-10,12,17,20H,2,11H2,1H3,(H,21,22). The van der Waals surface area contributed by atoms with Crippen LogP contribution in [0.2, 0.25) is 0 Å². The Bertz CT molecular complexity index is 637. The van der Waals surface area contributed by atoms with Crippen LogP contribution in [0.25, 0.3) is 0 Å². The molecule has 2 unspecified atom stereocenters. The van der Waals surface area contributed by atoms with Crippen LogP contribution in [0.15, 0.2) is 48.5 Å². The fourth-order valence-electron chi connectivity index (χ4n) is 2.28. The van der Waals surface area contributed by atoms with Crippen LogP contribution in [-0.2, 0) is 4.79 Å². The highest BCUT2D eigenvalue weighted by molar-refractivity contribution is 5.72. The van der Waals surface area contributed by atoms with Crippen molar-refractivity contribution in [3.63, 3.8) is 0 Å². The van der Waals surface area contributed by atoms with Gasteiger partial charge in [-0.15, -0.1) is 0 Å². The monoisotopic (exact) mass is 318 g/mol. The van der Waals surface area contributed by atoms with Crippen molar-refractivity contribution < 1.29 is 24.1 Å². The lowest BCUT2D eigenvalue weighted by Crippen LogP contribution is -2.27. The Kier molecular flexibility index (Phi) is 5.57. The third kappa shape index (κ3) is 4.98. The molecule has 23 heavy (non-hydrogen) atoms. The fourth-order valence-corrected chi connectivity index (χ4v) is 2.28. The van der Waals surface area contributed by atoms with Gasteiger partial charge in [-0.2, -0.15) is 0 Å². The molecule has 2 atom stereocenters. The Labute approximate surface area is 134 Å². The SMILES string of the molecule is CC(CCC(Oc1ccc(F)cc1)C(=O)O)c1ccc(O)cc1. The number of phenolic OH excluding ortho intramolecular Hbond substituents is 1. The number of aromatic hydroxyl groups is 1. The van der Waals surface area contributed by atoms with Crippen LogP contribution >= 0.6 is 0 Å². The summed E-state index contributed by atoms with van der Waals surface area (Å²) in [6, 6.07) is 12.1. The lowest BCUT2D eigenvalue weighted by Gasteiger charge is -2.18. The van der Waals surface area contributed by atoms with Crippen LogP contribution in [-0.4, -0.2) is 22.3 Å². The van der Waals surface area contributed by atoms with Gasteiger partial charge >= 0.3 is 5.97 Å². The number of carbonyl (C=O) groups is 1. The highest BCUT2D eigenvalue weighted by atomic mass is 19.1. The van der Waals surface area contributed by atoms with E-state index in [-0.39, 0.29) is 11.7 Å². The van der Waals surface area contributed by atoms with Gasteiger partial charge in [-0.05, 0) is 60.7 Å². The van der Waals surface area contributed by atoms with Gasteiger partial charge < -0.3 is 14.9 Å². The summed E-state index contributed by atoms with van der Waals surface area (Å²) in [5.74, 6) is -0.785. The van der Waals surface area contributed by atoms with Crippen LogP contribution in [0, 0.1) is 5.82 Å². The van der Waals surface area contributed by atoms with E-state index in [0.717, 1.165) is 5.56 Å². The number of aliphatic carboxylic acids is 1. The average Bonchev–Trinajstić information content (AvgIpc) is 2.53. The summed E-state index contributed by atoms with van der Waals surface area (Å²) in [5.41, 5.74) is 1.02. The predicted molar refractivity (Wildman–Crippen MR) is 84.2 cm³/mol. The van der Waals surface area contributed by atoms with E-state index >= 15 is 0 Å². The third-order valence-corrected chi connectivity index (χ3v) is 3.69. The van der Waals surface area contributed by atoms with E-state index in [1.54, 1.807) is 12.1 Å². The first-order chi connectivity index (χ1) is 11.0. The van der Waals surface area contributed by atoms with Gasteiger partial charge in [-0.25, -0.2) is 9.18 Å². The Hall–Kier alpha value is -2.56. The van der Waals surface area contributed by atoms with Gasteiger partial charge in [-0.3, -0.25) is 0 Å². The second-order valence-electron chi connectivity index (χ2n) is 5.47. The highest BCUT2D eigenvalue weighted by Crippen LogP contribution is 2.24. The molecule has 0 radical (unpaired) electrons. The largest absolute Gasteiger partial charge is 0.508 e. The minimum absolute atomic E-state index is 0.134. The number of phenols is 1. The molecule has 0 aliphatic heterocycles. The molecule has 0 saturated carbocycles. The van der Waals surface area contributed by atoms with Crippen molar-refractivity contribution in [1.29, 1.82) is 0 Å². The van der Waals surface area contributed by atoms with Gasteiger partial charge in [0.05, 0.1) is 0 Å². The number of carboxylic acid groups (broad SMARTS) is 1. The maximum absolute atomic E-state index is 12.9. The molecule has 0 saturated heterocycles. The molecule has 2 N–H and O–H groups in total. The number of benzene rings is 2. The molecule has 2 aromatic carbocycles. The summed E-state index contributed by atoms with van der Waals surface area (Å²) in [6.07, 6.45) is -0.0439. The maximum Gasteiger partial charge on any atom is 0.344 e. The van der Waals surface area contributed by atoms with E-state index in [9.17, 15) is 19.4 Å². The molecule has 2 aromatic rings. The second kappa shape index (κ2) is 7.63. The molecule has 0 aliphatic carbocycles. The van der Waals surface area contributed by atoms with Gasteiger partial charge in [0.2, 0.25) is 0 Å². The minimum Gasteiger partial charge on any atom is -0.508 e. The van der Waals surface area contributed by atoms with Gasteiger partial charge in [-0.1, -0.05) is 19.1 Å². The summed E-state index contributed by atoms with van der Waals surface area (Å²) >= 11 is 0. The summed E-state index contributed by atoms with van der Waals surface area (Å²) in [4.78, 5) is 11.3. The van der Waals surface area contributed by atoms with E-state index in [4.69, 9.17) is 4.74 Å². The van der Waals surface area contributed by atoms with Gasteiger partial charge in [0, 0.05) is 0 Å². The molecule has 0 amide bonds. The van der Waals surface area contributed by atoms with Crippen LogP contribution in [0.3, 0.4) is 0 Å². The molecule has 4 nitrogen and oxygen atoms in total. The topological polar surface area (TPSA) is 66.8 Å². The van der Waals surface area contributed by atoms with Gasteiger partial charge in [0.15, 0.2) is 6.10 Å². The van der Waals surface area contributed by atoms with Crippen LogP contribution in [0.1, 0.15) is 31.2 Å². The first kappa shape index (κ1) is 16.8. The third-order valence-electron chi connectivity index (χ3n) is 3.69. The van der Waals surface area contributed by atoms with Crippen molar-refractivity contribution in [2.75, 3.05) is 0 Å². The molecule has 0 heterocycles. The van der Waals surface area contributed by atoms with Crippen LogP contribution in [0.5, 0.6) is 11.5 Å². The predicted octanol–water partition coefficient (Wildman–Crippen LogP) is 3.95. The molecule has 0 fully saturated rings. The molecule has 0 bridgehead atoms. The summed E-state index contributed by atoms with van der Waals surface area (Å²) in [7, 11) is 0. The van der Waals surface area contributed by atoms with Crippen molar-refractivity contribution in [2.45, 2.75) is 31.8 Å². The lowest BCUT2D eigenvalue weighted by molar-refractivity contribution is -0.145. The van der Waals surface area contributed by atoms with Crippen LogP contribution in [0.4, 0.5) is 4.39 Å². The van der Waals surface area contributed by atoms with Crippen molar-refractivity contribution in [2.24, 2.45) is 0 Å². The second-order valence-corrected chi connectivity index (χ2v) is 5.47. The van der Waals surface area contributed by atoms with Crippen molar-refractivity contribution in [3.8, 4) is 11.5 Å². The normalized spacial score (nSPS) is 13.3. The smallest absolute Gasteiger partial charge is 0.344 e. The number of hydrogen-bond acceptors (Lipinski definition) is 3. The van der Waals surface area contributed by atoms with E-state index in [1.807, 2.05) is 19.1 Å². The zero-order chi connectivity index (χ0) is 16.8. The van der Waals surface area contributed by atoms with E-state index in [0.29, 0.717) is 18.6 Å². The lowest BCUT2D eigenvalue weighted by atomic mass is 9.94. The number of rotatable bonds is 7. The molecular formula is C18H19FO4. The summed E-state index contributed by atoms with van der Waals surface area (Å²) in [5, 5.41) is 18.6. The van der Waals surface area contributed by atoms with Crippen molar-refractivity contribution in [3.05, 3.63) is 59.9 Å². The quantitative estimate of drug-likeness (QED) is 0.811. The summed E-state index contributed by atoms with van der Waals surface area (Å²) in [6.45, 7) is 1.99. The Morgan fingerprint density at radius 3 is 2.26 bits per heavy atom. The minimum atomic E-state index is -1.05. The molecule has 0 aromatic heterocycles. The zero-order valence-corrected chi connectivity index (χ0v) is 12.8. The van der Waals surface area contributed by atoms with E-state index < -0.39 is 17.9 Å². The van der Waals surface area contributed by atoms with Gasteiger partial charge in [0.1, 0.15) is 17.3 Å². The number of hydrogen-bond donors (Lipinski definition) is 2.